The Hall–Kier alpha value is -0.860. The van der Waals surface area contributed by atoms with Gasteiger partial charge in [-0.25, -0.2) is 0 Å². The molecular weight excluding hydrogens is 268 g/mol. The van der Waals surface area contributed by atoms with E-state index in [-0.39, 0.29) is 1.43 Å². The second-order valence-electron chi connectivity index (χ2n) is 6.56. The fourth-order valence-corrected chi connectivity index (χ4v) is 3.19. The molecule has 22 heavy (non-hydrogen) atoms. The zero-order chi connectivity index (χ0) is 16.4. The lowest BCUT2D eigenvalue weighted by Crippen LogP contribution is -2.35. The van der Waals surface area contributed by atoms with Crippen molar-refractivity contribution >= 4 is 0 Å². The summed E-state index contributed by atoms with van der Waals surface area (Å²) in [4.78, 5) is 2.63. The minimum atomic E-state index is 0. The Morgan fingerprint density at radius 3 is 2.23 bits per heavy atom. The first-order valence-corrected chi connectivity index (χ1v) is 9.15. The lowest BCUT2D eigenvalue weighted by Gasteiger charge is -2.33. The van der Waals surface area contributed by atoms with Crippen molar-refractivity contribution in [3.63, 3.8) is 0 Å². The maximum atomic E-state index is 3.21. The van der Waals surface area contributed by atoms with Crippen LogP contribution in [0.2, 0.25) is 0 Å². The summed E-state index contributed by atoms with van der Waals surface area (Å²) in [5.74, 6) is 1.56. The predicted molar refractivity (Wildman–Crippen MR) is 101 cm³/mol. The highest BCUT2D eigenvalue weighted by Gasteiger charge is 2.20. The third kappa shape index (κ3) is 6.50. The molecule has 0 bridgehead atoms. The van der Waals surface area contributed by atoms with E-state index in [1.54, 1.807) is 5.56 Å². The van der Waals surface area contributed by atoms with E-state index in [1.807, 2.05) is 20.9 Å². The lowest BCUT2D eigenvalue weighted by atomic mass is 9.88. The van der Waals surface area contributed by atoms with Crippen LogP contribution in [0.1, 0.15) is 59.0 Å². The molecule has 0 atom stereocenters. The van der Waals surface area contributed by atoms with Crippen LogP contribution in [-0.4, -0.2) is 38.1 Å². The lowest BCUT2D eigenvalue weighted by molar-refractivity contribution is 0.192. The van der Waals surface area contributed by atoms with E-state index in [0.29, 0.717) is 0 Å². The van der Waals surface area contributed by atoms with Crippen LogP contribution >= 0.6 is 0 Å². The smallest absolute Gasteiger partial charge is 0.000439 e. The predicted octanol–water partition coefficient (Wildman–Crippen LogP) is 4.56. The molecule has 1 aromatic carbocycles. The number of rotatable bonds is 6. The number of hydrogen-bond acceptors (Lipinski definition) is 2. The minimum Gasteiger partial charge on any atom is -0.319 e. The van der Waals surface area contributed by atoms with E-state index < -0.39 is 0 Å². The molecule has 0 unspecified atom stereocenters. The van der Waals surface area contributed by atoms with Crippen molar-refractivity contribution in [1.29, 1.82) is 0 Å². The second-order valence-corrected chi connectivity index (χ2v) is 6.56. The SMILES string of the molecule is CC.CNCCc1ccc(C2CCN(CC(C)C)CC2)cc1.[HH]. The molecule has 128 valence electrons. The number of benzene rings is 1. The van der Waals surface area contributed by atoms with Crippen molar-refractivity contribution in [1.82, 2.24) is 10.2 Å². The second kappa shape index (κ2) is 10.8. The van der Waals surface area contributed by atoms with Crippen LogP contribution in [0, 0.1) is 5.92 Å². The summed E-state index contributed by atoms with van der Waals surface area (Å²) < 4.78 is 0. The summed E-state index contributed by atoms with van der Waals surface area (Å²) in [6.07, 6.45) is 3.77. The topological polar surface area (TPSA) is 15.3 Å². The average molecular weight is 307 g/mol. The minimum absolute atomic E-state index is 0. The molecule has 1 fully saturated rings. The Morgan fingerprint density at radius 2 is 1.73 bits per heavy atom. The molecule has 2 nitrogen and oxygen atoms in total. The summed E-state index contributed by atoms with van der Waals surface area (Å²) in [6.45, 7) is 13.5. The number of hydrogen-bond donors (Lipinski definition) is 1. The summed E-state index contributed by atoms with van der Waals surface area (Å²) in [5, 5.41) is 3.21. The van der Waals surface area contributed by atoms with E-state index in [9.17, 15) is 0 Å². The number of likely N-dealkylation sites (N-methyl/N-ethyl adjacent to an activating group) is 1. The van der Waals surface area contributed by atoms with Crippen molar-refractivity contribution in [2.75, 3.05) is 33.2 Å². The van der Waals surface area contributed by atoms with Gasteiger partial charge in [0.15, 0.2) is 0 Å². The summed E-state index contributed by atoms with van der Waals surface area (Å²) in [5.41, 5.74) is 2.99. The zero-order valence-electron chi connectivity index (χ0n) is 15.4. The molecular formula is C20H38N2. The van der Waals surface area contributed by atoms with Crippen LogP contribution in [0.4, 0.5) is 0 Å². The highest BCUT2D eigenvalue weighted by Crippen LogP contribution is 2.28. The van der Waals surface area contributed by atoms with Gasteiger partial charge in [-0.2, -0.15) is 0 Å². The number of piperidine rings is 1. The molecule has 2 rings (SSSR count). The summed E-state index contributed by atoms with van der Waals surface area (Å²) in [7, 11) is 2.01. The fourth-order valence-electron chi connectivity index (χ4n) is 3.19. The molecule has 1 aliphatic heterocycles. The van der Waals surface area contributed by atoms with Gasteiger partial charge >= 0.3 is 0 Å². The molecule has 0 spiro atoms. The normalized spacial score (nSPS) is 16.5. The van der Waals surface area contributed by atoms with E-state index >= 15 is 0 Å². The van der Waals surface area contributed by atoms with Crippen LogP contribution in [-0.2, 0) is 6.42 Å². The molecule has 0 radical (unpaired) electrons. The van der Waals surface area contributed by atoms with Crippen molar-refractivity contribution in [3.05, 3.63) is 35.4 Å². The van der Waals surface area contributed by atoms with Gasteiger partial charge < -0.3 is 10.2 Å². The molecule has 2 heteroatoms. The van der Waals surface area contributed by atoms with Crippen LogP contribution in [0.25, 0.3) is 0 Å². The highest BCUT2D eigenvalue weighted by molar-refractivity contribution is 5.26. The third-order valence-corrected chi connectivity index (χ3v) is 4.33. The molecule has 0 aliphatic carbocycles. The van der Waals surface area contributed by atoms with Gasteiger partial charge in [0.1, 0.15) is 0 Å². The molecule has 1 N–H and O–H groups in total. The first kappa shape index (κ1) is 19.2. The zero-order valence-corrected chi connectivity index (χ0v) is 15.4. The molecule has 1 aliphatic rings. The van der Waals surface area contributed by atoms with Crippen molar-refractivity contribution < 1.29 is 1.43 Å². The van der Waals surface area contributed by atoms with Gasteiger partial charge in [0.05, 0.1) is 0 Å². The van der Waals surface area contributed by atoms with Gasteiger partial charge in [0, 0.05) is 7.97 Å². The van der Waals surface area contributed by atoms with Crippen molar-refractivity contribution in [3.8, 4) is 0 Å². The average Bonchev–Trinajstić information content (AvgIpc) is 2.55. The van der Waals surface area contributed by atoms with Crippen LogP contribution in [0.5, 0.6) is 0 Å². The first-order valence-electron chi connectivity index (χ1n) is 9.15. The van der Waals surface area contributed by atoms with Crippen molar-refractivity contribution in [2.45, 2.75) is 52.9 Å². The standard InChI is InChI=1S/C18H30N2.C2H6.H2/c1-15(2)14-20-12-9-18(10-13-20)17-6-4-16(5-7-17)8-11-19-3;1-2;/h4-7,15,18-19H,8-14H2,1-3H3;1-2H3;1H. The van der Waals surface area contributed by atoms with Crippen molar-refractivity contribution in [2.24, 2.45) is 5.92 Å². The summed E-state index contributed by atoms with van der Waals surface area (Å²) in [6, 6.07) is 9.34. The molecule has 1 saturated heterocycles. The van der Waals surface area contributed by atoms with Gasteiger partial charge in [-0.05, 0) is 68.9 Å². The largest absolute Gasteiger partial charge is 0.319 e. The maximum Gasteiger partial charge on any atom is 0.000439 e. The highest BCUT2D eigenvalue weighted by atomic mass is 15.1. The molecule has 0 aromatic heterocycles. The Morgan fingerprint density at radius 1 is 1.14 bits per heavy atom. The molecule has 0 saturated carbocycles. The number of nitrogens with one attached hydrogen (secondary N) is 1. The van der Waals surface area contributed by atoms with E-state index in [4.69, 9.17) is 0 Å². The van der Waals surface area contributed by atoms with Crippen LogP contribution in [0.15, 0.2) is 24.3 Å². The van der Waals surface area contributed by atoms with Gasteiger partial charge in [-0.3, -0.25) is 0 Å². The Labute approximate surface area is 139 Å². The quantitative estimate of drug-likeness (QED) is 0.829. The first-order chi connectivity index (χ1) is 10.7. The Kier molecular flexibility index (Phi) is 9.42. The van der Waals surface area contributed by atoms with E-state index in [0.717, 1.165) is 24.8 Å². The summed E-state index contributed by atoms with van der Waals surface area (Å²) >= 11 is 0. The van der Waals surface area contributed by atoms with E-state index in [2.05, 4.69) is 48.3 Å². The van der Waals surface area contributed by atoms with Gasteiger partial charge in [0.25, 0.3) is 0 Å². The fraction of sp³-hybridized carbons (Fsp3) is 0.700. The Balaban J connectivity index is 0.00000155. The molecule has 0 amide bonds. The van der Waals surface area contributed by atoms with Crippen LogP contribution < -0.4 is 5.32 Å². The number of likely N-dealkylation sites (tertiary alicyclic amines) is 1. The van der Waals surface area contributed by atoms with Gasteiger partial charge in [0.2, 0.25) is 0 Å². The molecule has 1 aromatic rings. The van der Waals surface area contributed by atoms with E-state index in [1.165, 1.54) is 38.0 Å². The van der Waals surface area contributed by atoms with Gasteiger partial charge in [-0.1, -0.05) is 52.0 Å². The maximum absolute atomic E-state index is 3.21. The van der Waals surface area contributed by atoms with Gasteiger partial charge in [-0.15, -0.1) is 0 Å². The molecule has 1 heterocycles. The number of nitrogens with zero attached hydrogens (tertiary/aromatic N) is 1. The third-order valence-electron chi connectivity index (χ3n) is 4.33. The monoisotopic (exact) mass is 306 g/mol. The Bertz CT molecular complexity index is 381. The van der Waals surface area contributed by atoms with Crippen LogP contribution in [0.3, 0.4) is 0 Å².